The fourth-order valence-corrected chi connectivity index (χ4v) is 3.07. The van der Waals surface area contributed by atoms with Crippen LogP contribution in [-0.2, 0) is 9.59 Å². The first-order valence-electron chi connectivity index (χ1n) is 10.4. The van der Waals surface area contributed by atoms with Crippen molar-refractivity contribution in [2.45, 2.75) is 20.8 Å². The molecule has 3 aromatic carbocycles. The van der Waals surface area contributed by atoms with E-state index < -0.39 is 5.91 Å². The minimum absolute atomic E-state index is 0.0413. The Balaban J connectivity index is 1.64. The highest BCUT2D eigenvalue weighted by Crippen LogP contribution is 2.19. The first-order chi connectivity index (χ1) is 15.9. The Hall–Kier alpha value is -4.37. The number of rotatable bonds is 7. The molecule has 0 saturated heterocycles. The van der Waals surface area contributed by atoms with Crippen molar-refractivity contribution in [2.24, 2.45) is 0 Å². The van der Waals surface area contributed by atoms with E-state index in [9.17, 15) is 14.9 Å². The van der Waals surface area contributed by atoms with E-state index in [1.165, 1.54) is 6.08 Å². The number of ether oxygens (including phenoxy) is 1. The number of carbonyl (C=O) groups excluding carboxylic acids is 2. The van der Waals surface area contributed by atoms with Crippen LogP contribution >= 0.6 is 0 Å². The molecular formula is C27H25N3O3. The number of nitrogens with zero attached hydrogens (tertiary/aromatic N) is 1. The molecule has 0 radical (unpaired) electrons. The topological polar surface area (TPSA) is 91.2 Å². The van der Waals surface area contributed by atoms with Crippen LogP contribution in [0.3, 0.4) is 0 Å². The van der Waals surface area contributed by atoms with Gasteiger partial charge in [-0.2, -0.15) is 5.26 Å². The van der Waals surface area contributed by atoms with E-state index in [4.69, 9.17) is 4.74 Å². The highest BCUT2D eigenvalue weighted by molar-refractivity contribution is 6.09. The zero-order valence-corrected chi connectivity index (χ0v) is 18.8. The summed E-state index contributed by atoms with van der Waals surface area (Å²) in [5.74, 6) is -0.323. The normalized spacial score (nSPS) is 10.8. The zero-order valence-electron chi connectivity index (χ0n) is 18.8. The van der Waals surface area contributed by atoms with Gasteiger partial charge in [0.15, 0.2) is 6.61 Å². The summed E-state index contributed by atoms with van der Waals surface area (Å²) in [6.45, 7) is 5.72. The van der Waals surface area contributed by atoms with Gasteiger partial charge in [0.1, 0.15) is 17.4 Å². The van der Waals surface area contributed by atoms with Crippen LogP contribution in [0.4, 0.5) is 11.4 Å². The molecule has 0 unspecified atom stereocenters. The monoisotopic (exact) mass is 439 g/mol. The third-order valence-electron chi connectivity index (χ3n) is 5.09. The lowest BCUT2D eigenvalue weighted by Crippen LogP contribution is -2.20. The molecule has 2 N–H and O–H groups in total. The SMILES string of the molecule is Cc1ccc(NC(=O)/C(C#N)=C\c2cccc(OCC(=O)Nc3cccc(C)c3C)c2)cc1. The second-order valence-electron chi connectivity index (χ2n) is 7.65. The molecule has 0 fully saturated rings. The molecule has 0 spiro atoms. The van der Waals surface area contributed by atoms with Crippen molar-refractivity contribution in [1.29, 1.82) is 5.26 Å². The van der Waals surface area contributed by atoms with Crippen LogP contribution in [0.1, 0.15) is 22.3 Å². The highest BCUT2D eigenvalue weighted by Gasteiger charge is 2.11. The van der Waals surface area contributed by atoms with E-state index in [-0.39, 0.29) is 18.1 Å². The molecule has 166 valence electrons. The Bertz CT molecular complexity index is 1240. The van der Waals surface area contributed by atoms with Gasteiger partial charge in [-0.05, 0) is 73.9 Å². The molecule has 2 amide bonds. The number of carbonyl (C=O) groups is 2. The minimum atomic E-state index is -0.499. The summed E-state index contributed by atoms with van der Waals surface area (Å²) in [7, 11) is 0. The van der Waals surface area contributed by atoms with Gasteiger partial charge in [-0.3, -0.25) is 9.59 Å². The minimum Gasteiger partial charge on any atom is -0.484 e. The van der Waals surface area contributed by atoms with Crippen LogP contribution in [0.15, 0.2) is 72.3 Å². The van der Waals surface area contributed by atoms with E-state index in [2.05, 4.69) is 10.6 Å². The Morgan fingerprint density at radius 1 is 0.970 bits per heavy atom. The Morgan fingerprint density at radius 3 is 2.42 bits per heavy atom. The van der Waals surface area contributed by atoms with E-state index in [1.807, 2.05) is 57.2 Å². The van der Waals surface area contributed by atoms with Gasteiger partial charge in [0.05, 0.1) is 0 Å². The van der Waals surface area contributed by atoms with Crippen LogP contribution in [0.2, 0.25) is 0 Å². The molecule has 6 heteroatoms. The lowest BCUT2D eigenvalue weighted by Gasteiger charge is -2.11. The van der Waals surface area contributed by atoms with Crippen molar-refractivity contribution in [3.8, 4) is 11.8 Å². The molecule has 0 aliphatic heterocycles. The molecule has 0 atom stereocenters. The number of hydrogen-bond donors (Lipinski definition) is 2. The van der Waals surface area contributed by atoms with Crippen LogP contribution in [0.5, 0.6) is 5.75 Å². The summed E-state index contributed by atoms with van der Waals surface area (Å²) in [5, 5.41) is 15.0. The second-order valence-corrected chi connectivity index (χ2v) is 7.65. The molecule has 0 bridgehead atoms. The summed E-state index contributed by atoms with van der Waals surface area (Å²) in [6.07, 6.45) is 1.48. The molecule has 6 nitrogen and oxygen atoms in total. The van der Waals surface area contributed by atoms with Gasteiger partial charge in [0, 0.05) is 11.4 Å². The van der Waals surface area contributed by atoms with E-state index in [0.29, 0.717) is 17.0 Å². The Labute approximate surface area is 193 Å². The lowest BCUT2D eigenvalue weighted by molar-refractivity contribution is -0.118. The van der Waals surface area contributed by atoms with Crippen molar-refractivity contribution < 1.29 is 14.3 Å². The maximum atomic E-state index is 12.5. The molecule has 0 heterocycles. The summed E-state index contributed by atoms with van der Waals surface area (Å²) in [5.41, 5.74) is 5.10. The van der Waals surface area contributed by atoms with E-state index in [1.54, 1.807) is 36.4 Å². The average Bonchev–Trinajstić information content (AvgIpc) is 2.81. The quantitative estimate of drug-likeness (QED) is 0.392. The van der Waals surface area contributed by atoms with E-state index in [0.717, 1.165) is 22.4 Å². The third-order valence-corrected chi connectivity index (χ3v) is 5.09. The van der Waals surface area contributed by atoms with Gasteiger partial charge in [-0.1, -0.05) is 42.0 Å². The summed E-state index contributed by atoms with van der Waals surface area (Å²) in [4.78, 5) is 24.8. The number of benzene rings is 3. The second kappa shape index (κ2) is 10.8. The maximum Gasteiger partial charge on any atom is 0.266 e. The van der Waals surface area contributed by atoms with Crippen molar-refractivity contribution in [3.63, 3.8) is 0 Å². The molecule has 0 aliphatic carbocycles. The molecule has 3 aromatic rings. The molecule has 3 rings (SSSR count). The summed E-state index contributed by atoms with van der Waals surface area (Å²) >= 11 is 0. The number of anilines is 2. The van der Waals surface area contributed by atoms with Gasteiger partial charge in [-0.15, -0.1) is 0 Å². The fourth-order valence-electron chi connectivity index (χ4n) is 3.07. The van der Waals surface area contributed by atoms with E-state index >= 15 is 0 Å². The third kappa shape index (κ3) is 6.55. The largest absolute Gasteiger partial charge is 0.484 e. The highest BCUT2D eigenvalue weighted by atomic mass is 16.5. The lowest BCUT2D eigenvalue weighted by atomic mass is 10.1. The van der Waals surface area contributed by atoms with Crippen LogP contribution in [0, 0.1) is 32.1 Å². The van der Waals surface area contributed by atoms with Gasteiger partial charge in [0.2, 0.25) is 0 Å². The molecule has 0 saturated carbocycles. The van der Waals surface area contributed by atoms with Gasteiger partial charge >= 0.3 is 0 Å². The number of hydrogen-bond acceptors (Lipinski definition) is 4. The average molecular weight is 440 g/mol. The molecular weight excluding hydrogens is 414 g/mol. The van der Waals surface area contributed by atoms with Crippen molar-refractivity contribution in [3.05, 3.63) is 94.6 Å². The number of nitriles is 1. The predicted octanol–water partition coefficient (Wildman–Crippen LogP) is 5.18. The number of nitrogens with one attached hydrogen (secondary N) is 2. The zero-order chi connectivity index (χ0) is 23.8. The molecule has 33 heavy (non-hydrogen) atoms. The van der Waals surface area contributed by atoms with Gasteiger partial charge in [-0.25, -0.2) is 0 Å². The number of amides is 2. The van der Waals surface area contributed by atoms with Crippen molar-refractivity contribution in [1.82, 2.24) is 0 Å². The Kier molecular flexibility index (Phi) is 7.61. The standard InChI is InChI=1S/C27H25N3O3/c1-18-10-12-23(13-11-18)29-27(32)22(16-28)14-21-7-5-8-24(15-21)33-17-26(31)30-25-9-4-6-19(2)20(25)3/h4-15H,17H2,1-3H3,(H,29,32)(H,30,31)/b22-14-. The first-order valence-corrected chi connectivity index (χ1v) is 10.4. The van der Waals surface area contributed by atoms with Crippen LogP contribution < -0.4 is 15.4 Å². The van der Waals surface area contributed by atoms with Gasteiger partial charge in [0.25, 0.3) is 11.8 Å². The number of aryl methyl sites for hydroxylation is 2. The van der Waals surface area contributed by atoms with Crippen molar-refractivity contribution >= 4 is 29.3 Å². The Morgan fingerprint density at radius 2 is 1.70 bits per heavy atom. The first kappa shape index (κ1) is 23.3. The molecule has 0 aliphatic rings. The van der Waals surface area contributed by atoms with Gasteiger partial charge < -0.3 is 15.4 Å². The fraction of sp³-hybridized carbons (Fsp3) is 0.148. The predicted molar refractivity (Wildman–Crippen MR) is 130 cm³/mol. The van der Waals surface area contributed by atoms with Crippen molar-refractivity contribution in [2.75, 3.05) is 17.2 Å². The van der Waals surface area contributed by atoms with Crippen LogP contribution in [-0.4, -0.2) is 18.4 Å². The smallest absolute Gasteiger partial charge is 0.266 e. The molecule has 0 aromatic heterocycles. The summed E-state index contributed by atoms with van der Waals surface area (Å²) in [6, 6.07) is 21.8. The van der Waals surface area contributed by atoms with Crippen LogP contribution in [0.25, 0.3) is 6.08 Å². The summed E-state index contributed by atoms with van der Waals surface area (Å²) < 4.78 is 5.61. The maximum absolute atomic E-state index is 12.5.